The van der Waals surface area contributed by atoms with Gasteiger partial charge in [-0.1, -0.05) is 24.3 Å². The van der Waals surface area contributed by atoms with Crippen molar-refractivity contribution >= 4 is 0 Å². The molecule has 0 aromatic heterocycles. The third kappa shape index (κ3) is 18.0. The van der Waals surface area contributed by atoms with Gasteiger partial charge in [-0.25, -0.2) is 24.3 Å². The second-order valence-electron chi connectivity index (χ2n) is 7.81. The monoisotopic (exact) mass is 522 g/mol. The summed E-state index contributed by atoms with van der Waals surface area (Å²) in [5.74, 6) is 0.653. The van der Waals surface area contributed by atoms with E-state index in [1.165, 1.54) is 11.1 Å². The summed E-state index contributed by atoms with van der Waals surface area (Å²) in [4.78, 5) is 4.18. The molecule has 174 valence electrons. The largest absolute Gasteiger partial charge is 2.00 e. The first kappa shape index (κ1) is 30.8. The molecule has 0 atom stereocenters. The molecule has 0 aliphatic heterocycles. The zero-order chi connectivity index (χ0) is 23.6. The van der Waals surface area contributed by atoms with Gasteiger partial charge in [0.2, 0.25) is 0 Å². The molecule has 4 rings (SSSR count). The van der Waals surface area contributed by atoms with Crippen molar-refractivity contribution < 1.29 is 36.4 Å². The van der Waals surface area contributed by atoms with E-state index < -0.39 is 0 Å². The third-order valence-electron chi connectivity index (χ3n) is 4.04. The summed E-state index contributed by atoms with van der Waals surface area (Å²) in [5, 5.41) is 18.0. The molecule has 5 heteroatoms. The Balaban J connectivity index is 0.000000434. The maximum atomic E-state index is 8.98. The smallest absolute Gasteiger partial charge is 0.508 e. The molecule has 0 bridgehead atoms. The number of hydrogen-bond donors (Lipinski definition) is 2. The fourth-order valence-corrected chi connectivity index (χ4v) is 2.61. The molecule has 4 nitrogen and oxygen atoms in total. The maximum Gasteiger partial charge on any atom is 2.00 e. The van der Waals surface area contributed by atoms with Gasteiger partial charge in [0.1, 0.15) is 11.5 Å². The quantitative estimate of drug-likeness (QED) is 0.519. The fraction of sp³-hybridized carbons (Fsp3) is 0.286. The van der Waals surface area contributed by atoms with Gasteiger partial charge >= 0.3 is 26.2 Å². The molecule has 0 unspecified atom stereocenters. The van der Waals surface area contributed by atoms with E-state index in [0.717, 1.165) is 25.9 Å². The van der Waals surface area contributed by atoms with Gasteiger partial charge in [-0.15, -0.1) is 12.8 Å². The van der Waals surface area contributed by atoms with Crippen LogP contribution in [0.5, 0.6) is 11.5 Å². The Labute approximate surface area is 219 Å². The summed E-state index contributed by atoms with van der Waals surface area (Å²) >= 11 is 0. The summed E-state index contributed by atoms with van der Waals surface area (Å²) in [6, 6.07) is 14.5. The average Bonchev–Trinajstić information content (AvgIpc) is 3.50. The summed E-state index contributed by atoms with van der Waals surface area (Å²) in [5.41, 5.74) is 2.43. The van der Waals surface area contributed by atoms with E-state index in [4.69, 9.17) is 10.2 Å². The van der Waals surface area contributed by atoms with Gasteiger partial charge in [-0.2, -0.15) is 12.2 Å². The van der Waals surface area contributed by atoms with Crippen LogP contribution in [0, 0.1) is 12.2 Å². The van der Waals surface area contributed by atoms with E-state index >= 15 is 0 Å². The SMILES string of the molecule is CN(C)Cc1ccc(O)cc1.CN(C)Cc1ccc(O)cc1.[C-]1=CC=CC1.[C-]1=CC=CC1.[Zr+2]. The van der Waals surface area contributed by atoms with Crippen LogP contribution in [0.15, 0.2) is 85.0 Å². The molecule has 2 aromatic rings. The van der Waals surface area contributed by atoms with E-state index in [1.807, 2.05) is 76.8 Å². The van der Waals surface area contributed by atoms with Gasteiger partial charge < -0.3 is 20.0 Å². The summed E-state index contributed by atoms with van der Waals surface area (Å²) in [6.07, 6.45) is 20.0. The van der Waals surface area contributed by atoms with E-state index in [2.05, 4.69) is 34.1 Å². The number of phenols is 2. The molecule has 2 aliphatic rings. The van der Waals surface area contributed by atoms with Crippen LogP contribution >= 0.6 is 0 Å². The Morgan fingerprint density at radius 2 is 0.970 bits per heavy atom. The minimum Gasteiger partial charge on any atom is -0.508 e. The van der Waals surface area contributed by atoms with Gasteiger partial charge in [-0.3, -0.25) is 12.2 Å². The van der Waals surface area contributed by atoms with Crippen molar-refractivity contribution in [1.29, 1.82) is 0 Å². The first-order valence-electron chi connectivity index (χ1n) is 10.7. The summed E-state index contributed by atoms with van der Waals surface area (Å²) in [6.45, 7) is 1.83. The number of hydrogen-bond acceptors (Lipinski definition) is 4. The van der Waals surface area contributed by atoms with Crippen molar-refractivity contribution in [3.8, 4) is 11.5 Å². The van der Waals surface area contributed by atoms with Crippen LogP contribution in [0.1, 0.15) is 24.0 Å². The van der Waals surface area contributed by atoms with Gasteiger partial charge in [0.25, 0.3) is 0 Å². The van der Waals surface area contributed by atoms with Crippen LogP contribution in [0.25, 0.3) is 0 Å². The summed E-state index contributed by atoms with van der Waals surface area (Å²) < 4.78 is 0. The van der Waals surface area contributed by atoms with Gasteiger partial charge in [0.05, 0.1) is 0 Å². The van der Waals surface area contributed by atoms with Crippen molar-refractivity contribution in [3.63, 3.8) is 0 Å². The molecule has 0 amide bonds. The molecule has 2 N–H and O–H groups in total. The minimum atomic E-state index is 0. The Bertz CT molecular complexity index is 759. The predicted octanol–water partition coefficient (Wildman–Crippen LogP) is 5.52. The molecule has 0 saturated heterocycles. The molecule has 0 saturated carbocycles. The molecular formula is C28H36N2O2Zr. The fourth-order valence-electron chi connectivity index (χ4n) is 2.61. The first-order chi connectivity index (χ1) is 15.4. The number of aromatic hydroxyl groups is 2. The molecule has 0 spiro atoms. The third-order valence-corrected chi connectivity index (χ3v) is 4.04. The van der Waals surface area contributed by atoms with Crippen molar-refractivity contribution in [3.05, 3.63) is 108 Å². The maximum absolute atomic E-state index is 8.98. The zero-order valence-corrected chi connectivity index (χ0v) is 22.7. The van der Waals surface area contributed by atoms with Gasteiger partial charge in [-0.05, 0) is 63.6 Å². The van der Waals surface area contributed by atoms with Crippen LogP contribution in [0.3, 0.4) is 0 Å². The zero-order valence-electron chi connectivity index (χ0n) is 20.2. The van der Waals surface area contributed by atoms with E-state index in [0.29, 0.717) is 11.5 Å². The molecule has 2 aromatic carbocycles. The van der Waals surface area contributed by atoms with Crippen molar-refractivity contribution in [1.82, 2.24) is 9.80 Å². The van der Waals surface area contributed by atoms with E-state index in [9.17, 15) is 0 Å². The first-order valence-corrected chi connectivity index (χ1v) is 10.7. The number of rotatable bonds is 4. The molecule has 0 radical (unpaired) electrons. The van der Waals surface area contributed by atoms with E-state index in [1.54, 1.807) is 24.3 Å². The van der Waals surface area contributed by atoms with Crippen LogP contribution in [-0.2, 0) is 39.3 Å². The number of nitrogens with zero attached hydrogens (tertiary/aromatic N) is 2. The number of benzene rings is 2. The second-order valence-corrected chi connectivity index (χ2v) is 7.81. The average molecular weight is 524 g/mol. The van der Waals surface area contributed by atoms with Crippen LogP contribution in [-0.4, -0.2) is 48.2 Å². The standard InChI is InChI=1S/2C9H13NO.2C5H5.Zr/c2*1-10(2)7-8-3-5-9(11)6-4-8;2*1-2-4-5-3-1;/h2*3-6,11H,7H2,1-2H3;2*1-3H,4H2;/q;;2*-1;+2. The number of allylic oxidation sites excluding steroid dienone is 8. The van der Waals surface area contributed by atoms with Crippen molar-refractivity contribution in [2.75, 3.05) is 28.2 Å². The predicted molar refractivity (Wildman–Crippen MR) is 134 cm³/mol. The molecule has 0 heterocycles. The summed E-state index contributed by atoms with van der Waals surface area (Å²) in [7, 11) is 8.08. The Morgan fingerprint density at radius 3 is 1.15 bits per heavy atom. The Morgan fingerprint density at radius 1 is 0.636 bits per heavy atom. The van der Waals surface area contributed by atoms with E-state index in [-0.39, 0.29) is 26.2 Å². The Hall–Kier alpha value is -2.20. The Kier molecular flexibility index (Phi) is 18.0. The van der Waals surface area contributed by atoms with Gasteiger partial charge in [0, 0.05) is 13.1 Å². The van der Waals surface area contributed by atoms with Crippen molar-refractivity contribution in [2.45, 2.75) is 25.9 Å². The molecule has 33 heavy (non-hydrogen) atoms. The normalized spacial score (nSPS) is 12.3. The van der Waals surface area contributed by atoms with Gasteiger partial charge in [0.15, 0.2) is 0 Å². The minimum absolute atomic E-state index is 0. The van der Waals surface area contributed by atoms with Crippen LogP contribution in [0.4, 0.5) is 0 Å². The topological polar surface area (TPSA) is 46.9 Å². The second kappa shape index (κ2) is 19.3. The molecular weight excluding hydrogens is 488 g/mol. The van der Waals surface area contributed by atoms with Crippen molar-refractivity contribution in [2.24, 2.45) is 0 Å². The van der Waals surface area contributed by atoms with Crippen LogP contribution in [0.2, 0.25) is 0 Å². The molecule has 0 fully saturated rings. The molecule has 2 aliphatic carbocycles. The van der Waals surface area contributed by atoms with Crippen LogP contribution < -0.4 is 0 Å². The number of phenolic OH excluding ortho intramolecular Hbond substituents is 2.